The summed E-state index contributed by atoms with van der Waals surface area (Å²) in [6.45, 7) is 0. The fourth-order valence-electron chi connectivity index (χ4n) is 1.84. The van der Waals surface area contributed by atoms with Gasteiger partial charge in [0.2, 0.25) is 5.13 Å². The highest BCUT2D eigenvalue weighted by atomic mass is 35.5. The Morgan fingerprint density at radius 3 is 2.36 bits per heavy atom. The van der Waals surface area contributed by atoms with Gasteiger partial charge < -0.3 is 0 Å². The zero-order chi connectivity index (χ0) is 17.9. The molecule has 0 bridgehead atoms. The van der Waals surface area contributed by atoms with Gasteiger partial charge in [0.1, 0.15) is 0 Å². The fourth-order valence-corrected chi connectivity index (χ4v) is 3.93. The number of carbonyl (C=O) groups is 1. The van der Waals surface area contributed by atoms with Gasteiger partial charge in [0, 0.05) is 16.3 Å². The van der Waals surface area contributed by atoms with Gasteiger partial charge in [0.05, 0.1) is 0 Å². The lowest BCUT2D eigenvalue weighted by Crippen LogP contribution is -2.12. The van der Waals surface area contributed by atoms with Crippen molar-refractivity contribution in [3.05, 3.63) is 65.2 Å². The number of hydrogen-bond acceptors (Lipinski definition) is 6. The quantitative estimate of drug-likeness (QED) is 0.647. The standard InChI is InChI=1S/C15H11ClN4O3S2/c16-11-6-8-12(9-7-11)20-25(22,23)15-19-18-14(24-15)17-13(21)10-4-2-1-3-5-10/h1-9,20H,(H,17,18,21). The van der Waals surface area contributed by atoms with E-state index in [9.17, 15) is 13.2 Å². The molecule has 0 fully saturated rings. The number of rotatable bonds is 5. The van der Waals surface area contributed by atoms with Crippen LogP contribution in [-0.4, -0.2) is 24.5 Å². The van der Waals surface area contributed by atoms with Gasteiger partial charge in [-0.2, -0.15) is 8.42 Å². The van der Waals surface area contributed by atoms with E-state index >= 15 is 0 Å². The molecule has 0 saturated carbocycles. The zero-order valence-corrected chi connectivity index (χ0v) is 14.9. The molecule has 0 radical (unpaired) electrons. The van der Waals surface area contributed by atoms with Crippen LogP contribution in [0, 0.1) is 0 Å². The van der Waals surface area contributed by atoms with Crippen molar-refractivity contribution in [2.24, 2.45) is 0 Å². The van der Waals surface area contributed by atoms with Gasteiger partial charge >= 0.3 is 0 Å². The van der Waals surface area contributed by atoms with Crippen molar-refractivity contribution in [1.29, 1.82) is 0 Å². The molecular weight excluding hydrogens is 384 g/mol. The van der Waals surface area contributed by atoms with Gasteiger partial charge in [-0.15, -0.1) is 10.2 Å². The lowest BCUT2D eigenvalue weighted by Gasteiger charge is -2.04. The van der Waals surface area contributed by atoms with Crippen molar-refractivity contribution in [1.82, 2.24) is 10.2 Å². The second-order valence-corrected chi connectivity index (χ2v) is 8.08. The number of hydrogen-bond donors (Lipinski definition) is 2. The van der Waals surface area contributed by atoms with Crippen LogP contribution in [0.15, 0.2) is 58.9 Å². The molecule has 7 nitrogen and oxygen atoms in total. The van der Waals surface area contributed by atoms with Gasteiger partial charge in [-0.25, -0.2) is 0 Å². The Hall–Kier alpha value is -2.49. The molecule has 1 heterocycles. The van der Waals surface area contributed by atoms with Gasteiger partial charge in [-0.3, -0.25) is 14.8 Å². The molecule has 0 spiro atoms. The summed E-state index contributed by atoms with van der Waals surface area (Å²) in [6, 6.07) is 14.7. The number of nitrogens with zero attached hydrogens (tertiary/aromatic N) is 2. The third-order valence-corrected chi connectivity index (χ3v) is 5.83. The Bertz CT molecular complexity index is 989. The Kier molecular flexibility index (Phi) is 4.98. The maximum Gasteiger partial charge on any atom is 0.291 e. The maximum absolute atomic E-state index is 12.3. The van der Waals surface area contributed by atoms with Crippen LogP contribution in [0.2, 0.25) is 5.02 Å². The van der Waals surface area contributed by atoms with Crippen LogP contribution in [0.3, 0.4) is 0 Å². The van der Waals surface area contributed by atoms with Crippen LogP contribution < -0.4 is 10.0 Å². The molecule has 1 amide bonds. The zero-order valence-electron chi connectivity index (χ0n) is 12.5. The van der Waals surface area contributed by atoms with Crippen LogP contribution in [0.4, 0.5) is 10.8 Å². The Morgan fingerprint density at radius 2 is 1.68 bits per heavy atom. The van der Waals surface area contributed by atoms with Gasteiger partial charge in [-0.1, -0.05) is 41.1 Å². The molecule has 10 heteroatoms. The summed E-state index contributed by atoms with van der Waals surface area (Å²) < 4.78 is 26.7. The van der Waals surface area contributed by atoms with Crippen LogP contribution in [0.25, 0.3) is 0 Å². The topological polar surface area (TPSA) is 101 Å². The highest BCUT2D eigenvalue weighted by Crippen LogP contribution is 2.23. The third kappa shape index (κ3) is 4.32. The van der Waals surface area contributed by atoms with Crippen molar-refractivity contribution in [2.75, 3.05) is 10.0 Å². The summed E-state index contributed by atoms with van der Waals surface area (Å²) in [6.07, 6.45) is 0. The molecule has 3 aromatic rings. The number of benzene rings is 2. The van der Waals surface area contributed by atoms with Gasteiger partial charge in [0.25, 0.3) is 20.3 Å². The van der Waals surface area contributed by atoms with Crippen molar-refractivity contribution >= 4 is 49.7 Å². The lowest BCUT2D eigenvalue weighted by atomic mass is 10.2. The molecule has 0 saturated heterocycles. The first kappa shape index (κ1) is 17.3. The minimum Gasteiger partial charge on any atom is -0.296 e. The average Bonchev–Trinajstić information content (AvgIpc) is 3.07. The second kappa shape index (κ2) is 7.18. The summed E-state index contributed by atoms with van der Waals surface area (Å²) in [5, 5.41) is 10.4. The van der Waals surface area contributed by atoms with E-state index in [1.165, 1.54) is 12.1 Å². The van der Waals surface area contributed by atoms with Crippen LogP contribution >= 0.6 is 22.9 Å². The molecule has 0 aliphatic rings. The van der Waals surface area contributed by atoms with Crippen molar-refractivity contribution in [3.63, 3.8) is 0 Å². The number of nitrogens with one attached hydrogen (secondary N) is 2. The van der Waals surface area contributed by atoms with E-state index in [4.69, 9.17) is 11.6 Å². The van der Waals surface area contributed by atoms with E-state index in [1.54, 1.807) is 42.5 Å². The molecule has 128 valence electrons. The number of carbonyl (C=O) groups excluding carboxylic acids is 1. The summed E-state index contributed by atoms with van der Waals surface area (Å²) in [7, 11) is -3.91. The normalized spacial score (nSPS) is 11.1. The van der Waals surface area contributed by atoms with Crippen molar-refractivity contribution < 1.29 is 13.2 Å². The molecular formula is C15H11ClN4O3S2. The summed E-state index contributed by atoms with van der Waals surface area (Å²) in [4.78, 5) is 12.0. The molecule has 0 aliphatic carbocycles. The molecule has 0 unspecified atom stereocenters. The number of halogens is 1. The Labute approximate surface area is 152 Å². The summed E-state index contributed by atoms with van der Waals surface area (Å²) in [5.74, 6) is -0.397. The fraction of sp³-hybridized carbons (Fsp3) is 0. The summed E-state index contributed by atoms with van der Waals surface area (Å²) in [5.41, 5.74) is 0.774. The van der Waals surface area contributed by atoms with Crippen LogP contribution in [0.1, 0.15) is 10.4 Å². The molecule has 2 N–H and O–H groups in total. The van der Waals surface area contributed by atoms with Crippen LogP contribution in [0.5, 0.6) is 0 Å². The largest absolute Gasteiger partial charge is 0.296 e. The molecule has 2 aromatic carbocycles. The smallest absolute Gasteiger partial charge is 0.291 e. The SMILES string of the molecule is O=C(Nc1nnc(S(=O)(=O)Nc2ccc(Cl)cc2)s1)c1ccccc1. The minimum atomic E-state index is -3.91. The number of anilines is 2. The molecule has 0 aliphatic heterocycles. The predicted molar refractivity (Wildman–Crippen MR) is 96.6 cm³/mol. The second-order valence-electron chi connectivity index (χ2n) is 4.81. The molecule has 0 atom stereocenters. The van der Waals surface area contributed by atoms with Gasteiger partial charge in [-0.05, 0) is 36.4 Å². The first-order valence-electron chi connectivity index (χ1n) is 6.92. The van der Waals surface area contributed by atoms with E-state index in [-0.39, 0.29) is 9.47 Å². The molecule has 1 aromatic heterocycles. The first-order chi connectivity index (χ1) is 11.9. The first-order valence-corrected chi connectivity index (χ1v) is 9.60. The summed E-state index contributed by atoms with van der Waals surface area (Å²) >= 11 is 6.52. The minimum absolute atomic E-state index is 0.0883. The molecule has 3 rings (SSSR count). The Balaban J connectivity index is 1.74. The highest BCUT2D eigenvalue weighted by Gasteiger charge is 2.21. The highest BCUT2D eigenvalue weighted by molar-refractivity contribution is 7.94. The Morgan fingerprint density at radius 1 is 1.00 bits per heavy atom. The van der Waals surface area contributed by atoms with E-state index in [0.717, 1.165) is 11.3 Å². The van der Waals surface area contributed by atoms with E-state index in [1.807, 2.05) is 0 Å². The third-order valence-electron chi connectivity index (χ3n) is 2.99. The average molecular weight is 395 g/mol. The van der Waals surface area contributed by atoms with Gasteiger partial charge in [0.15, 0.2) is 0 Å². The van der Waals surface area contributed by atoms with E-state index in [0.29, 0.717) is 16.3 Å². The van der Waals surface area contributed by atoms with E-state index < -0.39 is 15.9 Å². The number of aromatic nitrogens is 2. The predicted octanol–water partition coefficient (Wildman–Crippen LogP) is 3.24. The van der Waals surface area contributed by atoms with Crippen LogP contribution in [-0.2, 0) is 10.0 Å². The van der Waals surface area contributed by atoms with Crippen molar-refractivity contribution in [3.8, 4) is 0 Å². The lowest BCUT2D eigenvalue weighted by molar-refractivity contribution is 0.102. The maximum atomic E-state index is 12.3. The number of sulfonamides is 1. The van der Waals surface area contributed by atoms with E-state index in [2.05, 4.69) is 20.2 Å². The molecule has 25 heavy (non-hydrogen) atoms. The van der Waals surface area contributed by atoms with Crippen molar-refractivity contribution in [2.45, 2.75) is 4.34 Å². The monoisotopic (exact) mass is 394 g/mol. The number of amides is 1.